The molecule has 0 saturated carbocycles. The van der Waals surface area contributed by atoms with E-state index >= 15 is 0 Å². The standard InChI is InChI=1S/C12H20N2O3/c1-5-6-9(11(16)17)14-10(15)7-8-13-12(2,3)4/h1,9,13H,6-8H2,2-4H3,(H,14,15)(H,16,17). The van der Waals surface area contributed by atoms with Crippen molar-refractivity contribution in [3.05, 3.63) is 0 Å². The van der Waals surface area contributed by atoms with Crippen molar-refractivity contribution in [1.82, 2.24) is 10.6 Å². The quantitative estimate of drug-likeness (QED) is 0.586. The van der Waals surface area contributed by atoms with Gasteiger partial charge in [-0.3, -0.25) is 4.79 Å². The van der Waals surface area contributed by atoms with Gasteiger partial charge in [0, 0.05) is 24.9 Å². The molecule has 1 unspecified atom stereocenters. The highest BCUT2D eigenvalue weighted by molar-refractivity contribution is 5.83. The first-order valence-corrected chi connectivity index (χ1v) is 5.47. The fourth-order valence-corrected chi connectivity index (χ4v) is 1.14. The third kappa shape index (κ3) is 8.29. The lowest BCUT2D eigenvalue weighted by Gasteiger charge is -2.20. The van der Waals surface area contributed by atoms with Crippen LogP contribution in [0.1, 0.15) is 33.6 Å². The van der Waals surface area contributed by atoms with Crippen molar-refractivity contribution in [2.75, 3.05) is 6.54 Å². The fourth-order valence-electron chi connectivity index (χ4n) is 1.14. The van der Waals surface area contributed by atoms with Crippen LogP contribution in [0.2, 0.25) is 0 Å². The molecule has 0 fully saturated rings. The summed E-state index contributed by atoms with van der Waals surface area (Å²) >= 11 is 0. The molecule has 0 aliphatic heterocycles. The van der Waals surface area contributed by atoms with Gasteiger partial charge in [-0.05, 0) is 20.8 Å². The summed E-state index contributed by atoms with van der Waals surface area (Å²) in [4.78, 5) is 22.2. The van der Waals surface area contributed by atoms with Crippen molar-refractivity contribution in [3.63, 3.8) is 0 Å². The highest BCUT2D eigenvalue weighted by Gasteiger charge is 2.18. The summed E-state index contributed by atoms with van der Waals surface area (Å²) in [6.45, 7) is 6.47. The largest absolute Gasteiger partial charge is 0.480 e. The SMILES string of the molecule is C#CCC(NC(=O)CCNC(C)(C)C)C(=O)O. The second-order valence-electron chi connectivity index (χ2n) is 4.79. The van der Waals surface area contributed by atoms with Gasteiger partial charge in [0.15, 0.2) is 0 Å². The third-order valence-corrected chi connectivity index (χ3v) is 1.96. The van der Waals surface area contributed by atoms with Gasteiger partial charge in [0.1, 0.15) is 6.04 Å². The number of nitrogens with one attached hydrogen (secondary N) is 2. The topological polar surface area (TPSA) is 78.4 Å². The van der Waals surface area contributed by atoms with E-state index < -0.39 is 12.0 Å². The van der Waals surface area contributed by atoms with E-state index in [9.17, 15) is 9.59 Å². The Labute approximate surface area is 102 Å². The third-order valence-electron chi connectivity index (χ3n) is 1.96. The number of hydrogen-bond donors (Lipinski definition) is 3. The summed E-state index contributed by atoms with van der Waals surface area (Å²) in [7, 11) is 0. The zero-order valence-corrected chi connectivity index (χ0v) is 10.5. The zero-order chi connectivity index (χ0) is 13.5. The Bertz CT molecular complexity index is 313. The van der Waals surface area contributed by atoms with Gasteiger partial charge in [0.2, 0.25) is 5.91 Å². The van der Waals surface area contributed by atoms with Crippen LogP contribution in [0.15, 0.2) is 0 Å². The van der Waals surface area contributed by atoms with Crippen LogP contribution in [0.25, 0.3) is 0 Å². The molecule has 17 heavy (non-hydrogen) atoms. The molecule has 0 aliphatic carbocycles. The lowest BCUT2D eigenvalue weighted by atomic mass is 10.1. The molecule has 1 amide bonds. The minimum Gasteiger partial charge on any atom is -0.480 e. The van der Waals surface area contributed by atoms with Crippen molar-refractivity contribution in [1.29, 1.82) is 0 Å². The zero-order valence-electron chi connectivity index (χ0n) is 10.5. The number of aliphatic carboxylic acids is 1. The Morgan fingerprint density at radius 1 is 1.41 bits per heavy atom. The van der Waals surface area contributed by atoms with Gasteiger partial charge < -0.3 is 15.7 Å². The summed E-state index contributed by atoms with van der Waals surface area (Å²) in [6.07, 6.45) is 5.24. The molecule has 0 rings (SSSR count). The Balaban J connectivity index is 4.00. The van der Waals surface area contributed by atoms with Gasteiger partial charge in [-0.25, -0.2) is 4.79 Å². The van der Waals surface area contributed by atoms with E-state index in [-0.39, 0.29) is 24.3 Å². The second kappa shape index (κ2) is 6.92. The first-order valence-electron chi connectivity index (χ1n) is 5.47. The van der Waals surface area contributed by atoms with Gasteiger partial charge in [-0.15, -0.1) is 12.3 Å². The average molecular weight is 240 g/mol. The lowest BCUT2D eigenvalue weighted by molar-refractivity contribution is -0.141. The lowest BCUT2D eigenvalue weighted by Crippen LogP contribution is -2.43. The molecule has 5 nitrogen and oxygen atoms in total. The van der Waals surface area contributed by atoms with Crippen LogP contribution in [-0.4, -0.2) is 35.1 Å². The minimum atomic E-state index is -1.11. The maximum atomic E-state index is 11.4. The van der Waals surface area contributed by atoms with Crippen LogP contribution in [-0.2, 0) is 9.59 Å². The Morgan fingerprint density at radius 2 is 2.00 bits per heavy atom. The number of terminal acetylenes is 1. The molecule has 0 spiro atoms. The normalized spacial score (nSPS) is 12.6. The van der Waals surface area contributed by atoms with Crippen LogP contribution >= 0.6 is 0 Å². The number of carbonyl (C=O) groups excluding carboxylic acids is 1. The summed E-state index contributed by atoms with van der Waals surface area (Å²) in [5.74, 6) is 0.797. The Hall–Kier alpha value is -1.54. The molecule has 1 atom stereocenters. The van der Waals surface area contributed by atoms with Gasteiger partial charge in [-0.2, -0.15) is 0 Å². The second-order valence-corrected chi connectivity index (χ2v) is 4.79. The monoisotopic (exact) mass is 240 g/mol. The van der Waals surface area contributed by atoms with E-state index in [4.69, 9.17) is 11.5 Å². The molecule has 0 saturated heterocycles. The van der Waals surface area contributed by atoms with Gasteiger partial charge in [0.05, 0.1) is 0 Å². The molecule has 3 N–H and O–H groups in total. The van der Waals surface area contributed by atoms with Crippen LogP contribution in [0.3, 0.4) is 0 Å². The molecule has 0 radical (unpaired) electrons. The van der Waals surface area contributed by atoms with E-state index in [1.54, 1.807) is 0 Å². The number of hydrogen-bond acceptors (Lipinski definition) is 3. The summed E-state index contributed by atoms with van der Waals surface area (Å²) in [5.41, 5.74) is -0.0642. The smallest absolute Gasteiger partial charge is 0.327 e. The molecule has 0 aromatic heterocycles. The summed E-state index contributed by atoms with van der Waals surface area (Å²) in [6, 6.07) is -0.998. The van der Waals surface area contributed by atoms with E-state index in [2.05, 4.69) is 16.6 Å². The molecule has 0 bridgehead atoms. The van der Waals surface area contributed by atoms with Crippen molar-refractivity contribution < 1.29 is 14.7 Å². The minimum absolute atomic E-state index is 0.00618. The molecule has 5 heteroatoms. The molecule has 0 aliphatic rings. The van der Waals surface area contributed by atoms with E-state index in [0.717, 1.165) is 0 Å². The van der Waals surface area contributed by atoms with Gasteiger partial charge >= 0.3 is 5.97 Å². The van der Waals surface area contributed by atoms with Crippen molar-refractivity contribution >= 4 is 11.9 Å². The first-order chi connectivity index (χ1) is 7.76. The van der Waals surface area contributed by atoms with Crippen LogP contribution in [0.4, 0.5) is 0 Å². The van der Waals surface area contributed by atoms with Gasteiger partial charge in [-0.1, -0.05) is 0 Å². The van der Waals surface area contributed by atoms with Crippen LogP contribution in [0, 0.1) is 12.3 Å². The number of amides is 1. The number of carboxylic acids is 1. The summed E-state index contributed by atoms with van der Waals surface area (Å²) < 4.78 is 0. The average Bonchev–Trinajstić information content (AvgIpc) is 2.14. The van der Waals surface area contributed by atoms with Crippen LogP contribution < -0.4 is 10.6 Å². The van der Waals surface area contributed by atoms with Crippen molar-refractivity contribution in [2.24, 2.45) is 0 Å². The molecule has 0 heterocycles. The predicted molar refractivity (Wildman–Crippen MR) is 65.4 cm³/mol. The molecule has 96 valence electrons. The fraction of sp³-hybridized carbons (Fsp3) is 0.667. The molecule has 0 aromatic rings. The van der Waals surface area contributed by atoms with Crippen molar-refractivity contribution in [3.8, 4) is 12.3 Å². The molecular weight excluding hydrogens is 220 g/mol. The predicted octanol–water partition coefficient (Wildman–Crippen LogP) is 0.357. The maximum absolute atomic E-state index is 11.4. The highest BCUT2D eigenvalue weighted by atomic mass is 16.4. The van der Waals surface area contributed by atoms with Crippen molar-refractivity contribution in [2.45, 2.75) is 45.2 Å². The number of carboxylic acid groups (broad SMARTS) is 1. The Morgan fingerprint density at radius 3 is 2.41 bits per heavy atom. The van der Waals surface area contributed by atoms with E-state index in [0.29, 0.717) is 6.54 Å². The Kier molecular flexibility index (Phi) is 6.29. The first kappa shape index (κ1) is 15.5. The van der Waals surface area contributed by atoms with E-state index in [1.165, 1.54) is 0 Å². The van der Waals surface area contributed by atoms with E-state index in [1.807, 2.05) is 20.8 Å². The molecular formula is C12H20N2O3. The number of rotatable bonds is 6. The highest BCUT2D eigenvalue weighted by Crippen LogP contribution is 1.98. The molecule has 0 aromatic carbocycles. The summed E-state index contributed by atoms with van der Waals surface area (Å²) in [5, 5.41) is 14.3. The van der Waals surface area contributed by atoms with Crippen LogP contribution in [0.5, 0.6) is 0 Å². The maximum Gasteiger partial charge on any atom is 0.327 e. The number of carbonyl (C=O) groups is 2. The van der Waals surface area contributed by atoms with Gasteiger partial charge in [0.25, 0.3) is 0 Å².